The summed E-state index contributed by atoms with van der Waals surface area (Å²) in [6.45, 7) is 12.9. The van der Waals surface area contributed by atoms with Crippen molar-refractivity contribution >= 4 is 28.7 Å². The van der Waals surface area contributed by atoms with Crippen LogP contribution in [-0.4, -0.2) is 30.4 Å². The molecule has 212 valence electrons. The van der Waals surface area contributed by atoms with E-state index in [1.54, 1.807) is 32.9 Å². The predicted molar refractivity (Wildman–Crippen MR) is 154 cm³/mol. The van der Waals surface area contributed by atoms with Crippen LogP contribution in [0.5, 0.6) is 0 Å². The van der Waals surface area contributed by atoms with Gasteiger partial charge in [0.2, 0.25) is 6.43 Å². The molecule has 0 saturated carbocycles. The van der Waals surface area contributed by atoms with Crippen molar-refractivity contribution in [2.24, 2.45) is 9.98 Å². The minimum Gasteiger partial charge on any atom is -0.352 e. The number of anilines is 1. The molecular weight excluding hydrogens is 508 g/mol. The highest BCUT2D eigenvalue weighted by Crippen LogP contribution is 2.23. The van der Waals surface area contributed by atoms with E-state index >= 15 is 0 Å². The summed E-state index contributed by atoms with van der Waals surface area (Å²) >= 11 is 0. The maximum Gasteiger partial charge on any atom is 0.251 e. The second-order valence-electron chi connectivity index (χ2n) is 8.39. The van der Waals surface area contributed by atoms with Crippen LogP contribution in [0, 0.1) is 18.6 Å². The van der Waals surface area contributed by atoms with Gasteiger partial charge in [0.25, 0.3) is 5.91 Å². The Morgan fingerprint density at radius 2 is 1.69 bits per heavy atom. The van der Waals surface area contributed by atoms with Gasteiger partial charge in [0.05, 0.1) is 5.71 Å². The highest BCUT2D eigenvalue weighted by Gasteiger charge is 2.17. The molecule has 1 amide bonds. The Morgan fingerprint density at radius 3 is 2.31 bits per heavy atom. The number of allylic oxidation sites excluding steroid dienone is 2. The molecule has 9 heteroatoms. The number of nitrogens with zero attached hydrogens (tertiary/aromatic N) is 2. The molecule has 0 unspecified atom stereocenters. The van der Waals surface area contributed by atoms with Gasteiger partial charge in [-0.3, -0.25) is 9.79 Å². The average molecular weight is 547 g/mol. The van der Waals surface area contributed by atoms with Crippen LogP contribution in [0.25, 0.3) is 5.57 Å². The van der Waals surface area contributed by atoms with Crippen molar-refractivity contribution in [2.75, 3.05) is 11.9 Å². The molecule has 0 radical (unpaired) electrons. The van der Waals surface area contributed by atoms with Crippen LogP contribution < -0.4 is 10.6 Å². The summed E-state index contributed by atoms with van der Waals surface area (Å²) in [5, 5.41) is 5.76. The summed E-state index contributed by atoms with van der Waals surface area (Å²) in [4.78, 5) is 21.1. The fourth-order valence-electron chi connectivity index (χ4n) is 3.34. The maximum absolute atomic E-state index is 14.3. The summed E-state index contributed by atoms with van der Waals surface area (Å²) in [6.07, 6.45) is 2.13. The van der Waals surface area contributed by atoms with E-state index in [0.29, 0.717) is 29.4 Å². The van der Waals surface area contributed by atoms with E-state index in [2.05, 4.69) is 20.6 Å². The number of hydrogen-bond acceptors (Lipinski definition) is 3. The molecule has 0 aliphatic rings. The first kappa shape index (κ1) is 33.3. The summed E-state index contributed by atoms with van der Waals surface area (Å²) in [7, 11) is 0. The number of aliphatic imine (C=N–C) groups is 2. The fraction of sp³-hybridized carbons (Fsp3) is 0.367. The smallest absolute Gasteiger partial charge is 0.251 e. The van der Waals surface area contributed by atoms with E-state index in [4.69, 9.17) is 0 Å². The molecular formula is C30H38F4N4O. The van der Waals surface area contributed by atoms with Gasteiger partial charge in [0.15, 0.2) is 17.5 Å². The van der Waals surface area contributed by atoms with Crippen molar-refractivity contribution in [1.29, 1.82) is 0 Å². The Morgan fingerprint density at radius 1 is 1.03 bits per heavy atom. The molecule has 0 fully saturated rings. The van der Waals surface area contributed by atoms with Crippen molar-refractivity contribution in [2.45, 2.75) is 67.7 Å². The van der Waals surface area contributed by atoms with Crippen LogP contribution in [0.1, 0.15) is 75.0 Å². The first-order chi connectivity index (χ1) is 18.6. The van der Waals surface area contributed by atoms with Gasteiger partial charge in [-0.05, 0) is 69.0 Å². The summed E-state index contributed by atoms with van der Waals surface area (Å²) in [5.41, 5.74) is 1.93. The Bertz CT molecular complexity index is 1230. The number of rotatable bonds is 10. The van der Waals surface area contributed by atoms with Crippen molar-refractivity contribution in [1.82, 2.24) is 5.32 Å². The van der Waals surface area contributed by atoms with Crippen LogP contribution in [-0.2, 0) is 6.42 Å². The maximum atomic E-state index is 14.3. The van der Waals surface area contributed by atoms with E-state index in [9.17, 15) is 22.4 Å². The number of hydrogen-bond donors (Lipinski definition) is 2. The van der Waals surface area contributed by atoms with E-state index in [1.165, 1.54) is 43.6 Å². The van der Waals surface area contributed by atoms with Gasteiger partial charge in [-0.25, -0.2) is 22.6 Å². The number of aryl methyl sites for hydroxylation is 1. The lowest BCUT2D eigenvalue weighted by molar-refractivity contribution is 0.0951. The lowest BCUT2D eigenvalue weighted by Gasteiger charge is -2.14. The number of nitrogens with one attached hydrogen (secondary N) is 2. The molecule has 0 aromatic heterocycles. The molecule has 0 atom stereocenters. The Hall–Kier alpha value is -3.75. The van der Waals surface area contributed by atoms with Gasteiger partial charge < -0.3 is 10.6 Å². The fourth-order valence-corrected chi connectivity index (χ4v) is 3.34. The summed E-state index contributed by atoms with van der Waals surface area (Å²) < 4.78 is 54.8. The molecule has 0 heterocycles. The minimum absolute atomic E-state index is 0.0909. The van der Waals surface area contributed by atoms with Crippen molar-refractivity contribution in [3.8, 4) is 0 Å². The zero-order valence-electron chi connectivity index (χ0n) is 23.6. The second-order valence-corrected chi connectivity index (χ2v) is 8.39. The van der Waals surface area contributed by atoms with Crippen molar-refractivity contribution in [3.05, 3.63) is 82.7 Å². The Balaban J connectivity index is 0.00000371. The molecule has 2 N–H and O–H groups in total. The highest BCUT2D eigenvalue weighted by atomic mass is 19.3. The first-order valence-corrected chi connectivity index (χ1v) is 12.9. The number of alkyl halides is 2. The third-order valence-corrected chi connectivity index (χ3v) is 5.37. The molecule has 2 aromatic carbocycles. The molecule has 0 spiro atoms. The van der Waals surface area contributed by atoms with Gasteiger partial charge in [0.1, 0.15) is 0 Å². The second kappa shape index (κ2) is 17.0. The van der Waals surface area contributed by atoms with Gasteiger partial charge in [-0.15, -0.1) is 0 Å². The number of benzene rings is 2. The third kappa shape index (κ3) is 10.1. The van der Waals surface area contributed by atoms with Crippen molar-refractivity contribution < 1.29 is 22.4 Å². The average Bonchev–Trinajstić information content (AvgIpc) is 2.92. The SMILES string of the molecule is C/C=C\N=C(Nc1ccc(C(=O)NCCC)c(CC(F)F)c1)C(C)=N/C=C(\C)c1ccc(C)c(F)c1F.CC. The third-order valence-electron chi connectivity index (χ3n) is 5.37. The van der Waals surface area contributed by atoms with Crippen LogP contribution >= 0.6 is 0 Å². The van der Waals surface area contributed by atoms with Gasteiger partial charge >= 0.3 is 0 Å². The van der Waals surface area contributed by atoms with Gasteiger partial charge in [0, 0.05) is 42.2 Å². The Kier molecular flexibility index (Phi) is 14.5. The van der Waals surface area contributed by atoms with Crippen LogP contribution in [0.3, 0.4) is 0 Å². The van der Waals surface area contributed by atoms with Crippen LogP contribution in [0.15, 0.2) is 58.8 Å². The summed E-state index contributed by atoms with van der Waals surface area (Å²) in [6, 6.07) is 7.55. The minimum atomic E-state index is -2.63. The lowest BCUT2D eigenvalue weighted by atomic mass is 10.0. The zero-order valence-corrected chi connectivity index (χ0v) is 23.6. The predicted octanol–water partition coefficient (Wildman–Crippen LogP) is 8.11. The van der Waals surface area contributed by atoms with Gasteiger partial charge in [-0.2, -0.15) is 0 Å². The molecule has 5 nitrogen and oxygen atoms in total. The van der Waals surface area contributed by atoms with Gasteiger partial charge in [-0.1, -0.05) is 39.0 Å². The molecule has 0 aliphatic heterocycles. The molecule has 2 rings (SSSR count). The topological polar surface area (TPSA) is 65.8 Å². The van der Waals surface area contributed by atoms with Crippen LogP contribution in [0.4, 0.5) is 23.2 Å². The van der Waals surface area contributed by atoms with E-state index in [-0.39, 0.29) is 22.3 Å². The van der Waals surface area contributed by atoms with E-state index in [1.807, 2.05) is 20.8 Å². The number of halogens is 4. The van der Waals surface area contributed by atoms with E-state index in [0.717, 1.165) is 6.42 Å². The lowest BCUT2D eigenvalue weighted by Crippen LogP contribution is -2.26. The molecule has 0 aliphatic carbocycles. The number of carbonyl (C=O) groups excluding carboxylic acids is 1. The van der Waals surface area contributed by atoms with Crippen molar-refractivity contribution in [3.63, 3.8) is 0 Å². The van der Waals surface area contributed by atoms with E-state index < -0.39 is 30.4 Å². The monoisotopic (exact) mass is 546 g/mol. The number of carbonyl (C=O) groups is 1. The molecule has 0 saturated heterocycles. The standard InChI is InChI=1S/C28H32F4N4O.C2H6/c1-6-12-33-27(19(5)35-16-18(4)22-10-8-17(3)25(31)26(22)32)36-21-9-11-23(28(37)34-13-7-2)20(14-21)15-24(29)30;1-2/h6,8-12,14,16,24H,7,13,15H2,1-5H3,(H,33,36)(H,34,37);1-2H3/b12-6-,18-16+,35-19?;. The Labute approximate surface area is 228 Å². The number of amides is 1. The zero-order chi connectivity index (χ0) is 29.5. The molecule has 39 heavy (non-hydrogen) atoms. The molecule has 2 aromatic rings. The van der Waals surface area contributed by atoms with Crippen LogP contribution in [0.2, 0.25) is 0 Å². The molecule has 0 bridgehead atoms. The first-order valence-electron chi connectivity index (χ1n) is 12.9. The number of amidine groups is 1. The quantitative estimate of drug-likeness (QED) is 0.180. The largest absolute Gasteiger partial charge is 0.352 e. The normalized spacial score (nSPS) is 12.5. The highest BCUT2D eigenvalue weighted by molar-refractivity contribution is 6.45. The summed E-state index contributed by atoms with van der Waals surface area (Å²) in [5.74, 6) is -1.96.